The molecule has 0 aromatic carbocycles. The lowest BCUT2D eigenvalue weighted by atomic mass is 10.4. The number of aromatic amines is 1. The highest BCUT2D eigenvalue weighted by molar-refractivity contribution is 5.92. The Hall–Kier alpha value is -2.65. The first-order valence-electron chi connectivity index (χ1n) is 5.37. The second-order valence-electron chi connectivity index (χ2n) is 3.72. The lowest BCUT2D eigenvalue weighted by Crippen LogP contribution is -2.19. The van der Waals surface area contributed by atoms with Gasteiger partial charge in [-0.3, -0.25) is 14.6 Å². The summed E-state index contributed by atoms with van der Waals surface area (Å²) >= 11 is 0. The van der Waals surface area contributed by atoms with Gasteiger partial charge in [-0.05, 0) is 12.1 Å². The van der Waals surface area contributed by atoms with Gasteiger partial charge in [-0.25, -0.2) is 5.43 Å². The van der Waals surface area contributed by atoms with Crippen LogP contribution in [0.3, 0.4) is 0 Å². The van der Waals surface area contributed by atoms with E-state index in [1.165, 1.54) is 24.5 Å². The number of aromatic nitrogens is 4. The zero-order chi connectivity index (χ0) is 14.6. The van der Waals surface area contributed by atoms with Crippen LogP contribution in [0.2, 0.25) is 0 Å². The van der Waals surface area contributed by atoms with Gasteiger partial charge in [0.2, 0.25) is 0 Å². The highest BCUT2D eigenvalue weighted by atomic mass is 19.4. The van der Waals surface area contributed by atoms with E-state index in [0.29, 0.717) is 0 Å². The largest absolute Gasteiger partial charge is 0.408 e. The topological polar surface area (TPSA) is 88.0 Å². The maximum Gasteiger partial charge on any atom is 0.408 e. The van der Waals surface area contributed by atoms with E-state index >= 15 is 0 Å². The molecule has 0 atom stereocenters. The molecule has 106 valence electrons. The highest BCUT2D eigenvalue weighted by Crippen LogP contribution is 2.16. The molecule has 0 spiro atoms. The number of hydrogen-bond acceptors (Lipinski definition) is 4. The Kier molecular flexibility index (Phi) is 3.82. The maximum atomic E-state index is 12.1. The fraction of sp³-hybridized carbons (Fsp3) is 0.200. The minimum Gasteiger partial charge on any atom is -0.273 e. The van der Waals surface area contributed by atoms with Crippen LogP contribution in [0.5, 0.6) is 0 Å². The number of hydrazone groups is 1. The highest BCUT2D eigenvalue weighted by Gasteiger charge is 2.28. The molecule has 0 unspecified atom stereocenters. The predicted octanol–water partition coefficient (Wildman–Crippen LogP) is 0.932. The van der Waals surface area contributed by atoms with Crippen molar-refractivity contribution < 1.29 is 18.0 Å². The summed E-state index contributed by atoms with van der Waals surface area (Å²) in [6, 6.07) is 2.79. The van der Waals surface area contributed by atoms with E-state index in [1.807, 2.05) is 0 Å². The third kappa shape index (κ3) is 3.93. The summed E-state index contributed by atoms with van der Waals surface area (Å²) in [5, 5.41) is 13.2. The normalized spacial score (nSPS) is 11.9. The average molecular weight is 286 g/mol. The number of carbonyl (C=O) groups excluding carboxylic acids is 1. The molecule has 0 bridgehead atoms. The van der Waals surface area contributed by atoms with Crippen LogP contribution in [0.25, 0.3) is 0 Å². The Balaban J connectivity index is 1.90. The first-order chi connectivity index (χ1) is 9.44. The van der Waals surface area contributed by atoms with Gasteiger partial charge in [0.15, 0.2) is 0 Å². The minimum atomic E-state index is -4.34. The molecule has 2 aromatic rings. The van der Waals surface area contributed by atoms with Crippen molar-refractivity contribution in [3.63, 3.8) is 0 Å². The lowest BCUT2D eigenvalue weighted by Gasteiger charge is -2.04. The molecule has 20 heavy (non-hydrogen) atoms. The molecule has 2 rings (SSSR count). The van der Waals surface area contributed by atoms with E-state index in [0.717, 1.165) is 10.9 Å². The van der Waals surface area contributed by atoms with Gasteiger partial charge in [0, 0.05) is 12.4 Å². The Morgan fingerprint density at radius 1 is 1.50 bits per heavy atom. The Morgan fingerprint density at radius 3 is 2.95 bits per heavy atom. The average Bonchev–Trinajstić information content (AvgIpc) is 2.98. The van der Waals surface area contributed by atoms with Crippen LogP contribution >= 0.6 is 0 Å². The molecule has 2 N–H and O–H groups in total. The van der Waals surface area contributed by atoms with E-state index in [4.69, 9.17) is 0 Å². The number of halogens is 3. The minimum absolute atomic E-state index is 0.194. The van der Waals surface area contributed by atoms with Crippen molar-refractivity contribution >= 4 is 12.1 Å². The van der Waals surface area contributed by atoms with E-state index in [1.54, 1.807) is 0 Å². The first kappa shape index (κ1) is 13.8. The molecule has 1 amide bonds. The molecule has 0 aliphatic rings. The van der Waals surface area contributed by atoms with Crippen molar-refractivity contribution in [2.24, 2.45) is 5.10 Å². The molecule has 7 nitrogen and oxygen atoms in total. The standard InChI is InChI=1S/C10H9F3N6O/c11-10(12,13)6-19-4-2-7(18-19)5-15-17-9(20)8-1-3-14-16-8/h1-5H,6H2,(H,14,16)(H,17,20). The number of carbonyl (C=O) groups is 1. The number of H-pyrrole nitrogens is 1. The summed E-state index contributed by atoms with van der Waals surface area (Å²) in [5.41, 5.74) is 2.59. The Morgan fingerprint density at radius 2 is 2.30 bits per heavy atom. The Bertz CT molecular complexity index is 601. The molecule has 2 heterocycles. The van der Waals surface area contributed by atoms with Gasteiger partial charge in [0.25, 0.3) is 5.91 Å². The van der Waals surface area contributed by atoms with Crippen molar-refractivity contribution in [2.75, 3.05) is 0 Å². The number of alkyl halides is 3. The zero-order valence-corrected chi connectivity index (χ0v) is 9.92. The first-order valence-corrected chi connectivity index (χ1v) is 5.37. The van der Waals surface area contributed by atoms with Gasteiger partial charge in [-0.1, -0.05) is 0 Å². The molecule has 0 saturated carbocycles. The molecule has 10 heteroatoms. The number of nitrogens with zero attached hydrogens (tertiary/aromatic N) is 4. The number of nitrogens with one attached hydrogen (secondary N) is 2. The fourth-order valence-electron chi connectivity index (χ4n) is 1.32. The van der Waals surface area contributed by atoms with Gasteiger partial charge in [-0.15, -0.1) is 0 Å². The molecular weight excluding hydrogens is 277 g/mol. The van der Waals surface area contributed by atoms with Crippen LogP contribution in [-0.4, -0.2) is 38.3 Å². The second kappa shape index (κ2) is 5.55. The van der Waals surface area contributed by atoms with Crippen molar-refractivity contribution in [3.05, 3.63) is 35.9 Å². The maximum absolute atomic E-state index is 12.1. The van der Waals surface area contributed by atoms with Crippen molar-refractivity contribution in [3.8, 4) is 0 Å². The molecule has 0 saturated heterocycles. The molecular formula is C10H9F3N6O. The van der Waals surface area contributed by atoms with Gasteiger partial charge in [0.05, 0.1) is 6.21 Å². The summed E-state index contributed by atoms with van der Waals surface area (Å²) in [7, 11) is 0. The predicted molar refractivity (Wildman–Crippen MR) is 61.9 cm³/mol. The van der Waals surface area contributed by atoms with Crippen LogP contribution in [0.4, 0.5) is 13.2 Å². The summed E-state index contributed by atoms with van der Waals surface area (Å²) in [5.74, 6) is -0.520. The third-order valence-electron chi connectivity index (χ3n) is 2.11. The fourth-order valence-corrected chi connectivity index (χ4v) is 1.32. The third-order valence-corrected chi connectivity index (χ3v) is 2.11. The molecule has 2 aromatic heterocycles. The van der Waals surface area contributed by atoms with Crippen LogP contribution in [0.1, 0.15) is 16.2 Å². The van der Waals surface area contributed by atoms with Crippen molar-refractivity contribution in [1.82, 2.24) is 25.4 Å². The summed E-state index contributed by atoms with van der Waals surface area (Å²) in [6.45, 7) is -1.18. The summed E-state index contributed by atoms with van der Waals surface area (Å²) in [6.07, 6.45) is -0.626. The monoisotopic (exact) mass is 286 g/mol. The van der Waals surface area contributed by atoms with E-state index < -0.39 is 18.6 Å². The quantitative estimate of drug-likeness (QED) is 0.647. The van der Waals surface area contributed by atoms with Crippen LogP contribution in [-0.2, 0) is 6.54 Å². The Labute approximate surface area is 110 Å². The smallest absolute Gasteiger partial charge is 0.273 e. The van der Waals surface area contributed by atoms with Gasteiger partial charge in [-0.2, -0.15) is 28.5 Å². The number of amides is 1. The second-order valence-corrected chi connectivity index (χ2v) is 3.72. The molecule has 0 radical (unpaired) electrons. The molecule has 0 aliphatic carbocycles. The zero-order valence-electron chi connectivity index (χ0n) is 9.92. The molecule has 0 fully saturated rings. The van der Waals surface area contributed by atoms with Gasteiger partial charge >= 0.3 is 6.18 Å². The van der Waals surface area contributed by atoms with Gasteiger partial charge < -0.3 is 0 Å². The van der Waals surface area contributed by atoms with Gasteiger partial charge in [0.1, 0.15) is 17.9 Å². The van der Waals surface area contributed by atoms with E-state index in [9.17, 15) is 18.0 Å². The summed E-state index contributed by atoms with van der Waals surface area (Å²) in [4.78, 5) is 11.4. The summed E-state index contributed by atoms with van der Waals surface area (Å²) < 4.78 is 37.0. The van der Waals surface area contributed by atoms with Crippen molar-refractivity contribution in [2.45, 2.75) is 12.7 Å². The lowest BCUT2D eigenvalue weighted by molar-refractivity contribution is -0.142. The SMILES string of the molecule is O=C(NN=Cc1ccn(CC(F)(F)F)n1)c1ccn[nH]1. The van der Waals surface area contributed by atoms with E-state index in [2.05, 4.69) is 25.8 Å². The van der Waals surface area contributed by atoms with Crippen LogP contribution in [0, 0.1) is 0 Å². The van der Waals surface area contributed by atoms with Crippen LogP contribution < -0.4 is 5.43 Å². The van der Waals surface area contributed by atoms with Crippen LogP contribution in [0.15, 0.2) is 29.6 Å². The number of rotatable bonds is 4. The van der Waals surface area contributed by atoms with E-state index in [-0.39, 0.29) is 11.4 Å². The van der Waals surface area contributed by atoms with Crippen molar-refractivity contribution in [1.29, 1.82) is 0 Å². The molecule has 0 aliphatic heterocycles. The number of hydrogen-bond donors (Lipinski definition) is 2.